The quantitative estimate of drug-likeness (QED) is 0.842. The van der Waals surface area contributed by atoms with Crippen molar-refractivity contribution in [3.63, 3.8) is 0 Å². The lowest BCUT2D eigenvalue weighted by atomic mass is 10.1. The summed E-state index contributed by atoms with van der Waals surface area (Å²) in [7, 11) is 0. The Bertz CT molecular complexity index is 360. The van der Waals surface area contributed by atoms with Crippen LogP contribution in [0.2, 0.25) is 0 Å². The van der Waals surface area contributed by atoms with Gasteiger partial charge in [-0.3, -0.25) is 4.98 Å². The summed E-state index contributed by atoms with van der Waals surface area (Å²) in [5, 5.41) is 5.94. The second kappa shape index (κ2) is 5.66. The van der Waals surface area contributed by atoms with E-state index in [0.717, 1.165) is 18.4 Å². The summed E-state index contributed by atoms with van der Waals surface area (Å²) in [6.07, 6.45) is 8.17. The highest BCUT2D eigenvalue weighted by Gasteiger charge is 2.18. The maximum absolute atomic E-state index is 11.7. The molecule has 4 nitrogen and oxygen atoms in total. The molecule has 17 heavy (non-hydrogen) atoms. The van der Waals surface area contributed by atoms with Crippen molar-refractivity contribution in [2.45, 2.75) is 44.7 Å². The van der Waals surface area contributed by atoms with E-state index in [2.05, 4.69) is 15.6 Å². The SMILES string of the molecule is C[C@@H](NC(=O)NC1CCCC1)c1cccnc1. The molecule has 1 aromatic rings. The molecule has 1 aliphatic rings. The van der Waals surface area contributed by atoms with E-state index in [9.17, 15) is 4.79 Å². The Morgan fingerprint density at radius 2 is 2.24 bits per heavy atom. The van der Waals surface area contributed by atoms with Gasteiger partial charge in [0, 0.05) is 18.4 Å². The fourth-order valence-electron chi connectivity index (χ4n) is 2.21. The van der Waals surface area contributed by atoms with Gasteiger partial charge in [-0.25, -0.2) is 4.79 Å². The summed E-state index contributed by atoms with van der Waals surface area (Å²) in [5.74, 6) is 0. The third-order valence-corrected chi connectivity index (χ3v) is 3.22. The van der Waals surface area contributed by atoms with Crippen molar-refractivity contribution < 1.29 is 4.79 Å². The molecule has 2 amide bonds. The maximum atomic E-state index is 11.7. The molecule has 1 atom stereocenters. The van der Waals surface area contributed by atoms with Crippen LogP contribution in [0.1, 0.15) is 44.2 Å². The van der Waals surface area contributed by atoms with Crippen LogP contribution in [0.25, 0.3) is 0 Å². The van der Waals surface area contributed by atoms with Crippen molar-refractivity contribution in [2.75, 3.05) is 0 Å². The number of hydrogen-bond acceptors (Lipinski definition) is 2. The average Bonchev–Trinajstić information content (AvgIpc) is 2.82. The summed E-state index contributed by atoms with van der Waals surface area (Å²) in [6.45, 7) is 1.96. The van der Waals surface area contributed by atoms with Crippen molar-refractivity contribution in [2.24, 2.45) is 0 Å². The Morgan fingerprint density at radius 1 is 1.47 bits per heavy atom. The number of carbonyl (C=O) groups is 1. The number of nitrogens with zero attached hydrogens (tertiary/aromatic N) is 1. The maximum Gasteiger partial charge on any atom is 0.315 e. The molecule has 4 heteroatoms. The molecule has 0 aromatic carbocycles. The molecule has 1 aromatic heterocycles. The smallest absolute Gasteiger partial charge is 0.315 e. The summed E-state index contributed by atoms with van der Waals surface area (Å²) >= 11 is 0. The van der Waals surface area contributed by atoms with E-state index in [1.807, 2.05) is 19.1 Å². The van der Waals surface area contributed by atoms with E-state index >= 15 is 0 Å². The molecule has 92 valence electrons. The minimum atomic E-state index is -0.0757. The average molecular weight is 233 g/mol. The standard InChI is InChI=1S/C13H19N3O/c1-10(11-5-4-8-14-9-11)15-13(17)16-12-6-2-3-7-12/h4-5,8-10,12H,2-3,6-7H2,1H3,(H2,15,16,17)/t10-/m1/s1. The van der Waals surface area contributed by atoms with E-state index in [4.69, 9.17) is 0 Å². The first-order valence-corrected chi connectivity index (χ1v) is 6.22. The summed E-state index contributed by atoms with van der Waals surface area (Å²) in [4.78, 5) is 15.8. The molecule has 0 spiro atoms. The number of urea groups is 1. The minimum absolute atomic E-state index is 0.00916. The fourth-order valence-corrected chi connectivity index (χ4v) is 2.21. The van der Waals surface area contributed by atoms with Crippen LogP contribution in [-0.2, 0) is 0 Å². The Morgan fingerprint density at radius 3 is 2.88 bits per heavy atom. The van der Waals surface area contributed by atoms with Crippen LogP contribution in [0, 0.1) is 0 Å². The van der Waals surface area contributed by atoms with Gasteiger partial charge >= 0.3 is 6.03 Å². The van der Waals surface area contributed by atoms with E-state index in [1.165, 1.54) is 12.8 Å². The Kier molecular flexibility index (Phi) is 3.96. The van der Waals surface area contributed by atoms with Crippen molar-refractivity contribution in [1.82, 2.24) is 15.6 Å². The van der Waals surface area contributed by atoms with Crippen LogP contribution in [0.5, 0.6) is 0 Å². The van der Waals surface area contributed by atoms with Crippen LogP contribution in [0.15, 0.2) is 24.5 Å². The Balaban J connectivity index is 1.81. The van der Waals surface area contributed by atoms with Crippen LogP contribution in [-0.4, -0.2) is 17.1 Å². The third-order valence-electron chi connectivity index (χ3n) is 3.22. The van der Waals surface area contributed by atoms with Gasteiger partial charge in [0.25, 0.3) is 0 Å². The van der Waals surface area contributed by atoms with E-state index in [1.54, 1.807) is 12.4 Å². The predicted octanol–water partition coefficient (Wildman–Crippen LogP) is 2.38. The van der Waals surface area contributed by atoms with Gasteiger partial charge in [-0.15, -0.1) is 0 Å². The number of aromatic nitrogens is 1. The summed E-state index contributed by atoms with van der Waals surface area (Å²) < 4.78 is 0. The molecule has 1 fully saturated rings. The van der Waals surface area contributed by atoms with Gasteiger partial charge in [0.1, 0.15) is 0 Å². The van der Waals surface area contributed by atoms with Gasteiger partial charge in [-0.2, -0.15) is 0 Å². The van der Waals surface area contributed by atoms with Gasteiger partial charge in [-0.1, -0.05) is 18.9 Å². The summed E-state index contributed by atoms with van der Waals surface area (Å²) in [5.41, 5.74) is 1.02. The molecule has 0 saturated heterocycles. The van der Waals surface area contributed by atoms with E-state index in [0.29, 0.717) is 6.04 Å². The van der Waals surface area contributed by atoms with Gasteiger partial charge in [0.05, 0.1) is 6.04 Å². The second-order valence-electron chi connectivity index (χ2n) is 4.61. The van der Waals surface area contributed by atoms with Crippen LogP contribution >= 0.6 is 0 Å². The zero-order valence-electron chi connectivity index (χ0n) is 10.1. The van der Waals surface area contributed by atoms with Crippen molar-refractivity contribution in [3.8, 4) is 0 Å². The van der Waals surface area contributed by atoms with Gasteiger partial charge in [-0.05, 0) is 31.4 Å². The number of hydrogen-bond donors (Lipinski definition) is 2. The van der Waals surface area contributed by atoms with Crippen LogP contribution in [0.3, 0.4) is 0 Å². The molecule has 1 saturated carbocycles. The lowest BCUT2D eigenvalue weighted by Gasteiger charge is -2.17. The molecule has 2 N–H and O–H groups in total. The topological polar surface area (TPSA) is 54.0 Å². The zero-order valence-corrected chi connectivity index (χ0v) is 10.1. The molecule has 0 bridgehead atoms. The molecule has 1 heterocycles. The molecule has 0 aliphatic heterocycles. The normalized spacial score (nSPS) is 17.7. The highest BCUT2D eigenvalue weighted by molar-refractivity contribution is 5.74. The van der Waals surface area contributed by atoms with E-state index < -0.39 is 0 Å². The van der Waals surface area contributed by atoms with Crippen molar-refractivity contribution in [3.05, 3.63) is 30.1 Å². The molecule has 1 aliphatic carbocycles. The number of amides is 2. The molecular weight excluding hydrogens is 214 g/mol. The number of carbonyl (C=O) groups excluding carboxylic acids is 1. The van der Waals surface area contributed by atoms with Gasteiger partial charge in [0.15, 0.2) is 0 Å². The van der Waals surface area contributed by atoms with Crippen LogP contribution < -0.4 is 10.6 Å². The van der Waals surface area contributed by atoms with Gasteiger partial charge in [0.2, 0.25) is 0 Å². The van der Waals surface area contributed by atoms with Crippen LogP contribution in [0.4, 0.5) is 4.79 Å². The monoisotopic (exact) mass is 233 g/mol. The highest BCUT2D eigenvalue weighted by atomic mass is 16.2. The first-order chi connectivity index (χ1) is 8.25. The highest BCUT2D eigenvalue weighted by Crippen LogP contribution is 2.17. The Labute approximate surface area is 102 Å². The number of nitrogens with one attached hydrogen (secondary N) is 2. The Hall–Kier alpha value is -1.58. The molecule has 0 radical (unpaired) electrons. The number of pyridine rings is 1. The minimum Gasteiger partial charge on any atom is -0.335 e. The molecule has 2 rings (SSSR count). The summed E-state index contributed by atoms with van der Waals surface area (Å²) in [6, 6.07) is 4.12. The lowest BCUT2D eigenvalue weighted by molar-refractivity contribution is 0.234. The molecular formula is C13H19N3O. The first kappa shape index (κ1) is 11.9. The van der Waals surface area contributed by atoms with E-state index in [-0.39, 0.29) is 12.1 Å². The first-order valence-electron chi connectivity index (χ1n) is 6.22. The molecule has 0 unspecified atom stereocenters. The van der Waals surface area contributed by atoms with Crippen molar-refractivity contribution >= 4 is 6.03 Å². The second-order valence-corrected chi connectivity index (χ2v) is 4.61. The zero-order chi connectivity index (χ0) is 12.1. The lowest BCUT2D eigenvalue weighted by Crippen LogP contribution is -2.41. The van der Waals surface area contributed by atoms with Crippen molar-refractivity contribution in [1.29, 1.82) is 0 Å². The fraction of sp³-hybridized carbons (Fsp3) is 0.538. The number of rotatable bonds is 3. The third kappa shape index (κ3) is 3.44. The largest absolute Gasteiger partial charge is 0.335 e. The predicted molar refractivity (Wildman–Crippen MR) is 66.6 cm³/mol. The van der Waals surface area contributed by atoms with Gasteiger partial charge < -0.3 is 10.6 Å².